The van der Waals surface area contributed by atoms with Crippen LogP contribution in [-0.2, 0) is 28.5 Å². The average Bonchev–Trinajstić information content (AvgIpc) is 2.66. The van der Waals surface area contributed by atoms with E-state index in [0.717, 1.165) is 0 Å². The molecule has 0 aliphatic carbocycles. The fraction of sp³-hybridized carbons (Fsp3) is 0.900. The van der Waals surface area contributed by atoms with Crippen molar-refractivity contribution >= 4 is 11.9 Å². The molecule has 4 atom stereocenters. The van der Waals surface area contributed by atoms with Gasteiger partial charge in [0.05, 0.1) is 32.0 Å². The van der Waals surface area contributed by atoms with Crippen LogP contribution in [-0.4, -0.2) is 98.4 Å². The minimum absolute atomic E-state index is 0.0499. The van der Waals surface area contributed by atoms with Crippen LogP contribution < -0.4 is 0 Å². The summed E-state index contributed by atoms with van der Waals surface area (Å²) in [6, 6.07) is 0. The molecule has 0 aromatic rings. The van der Waals surface area contributed by atoms with Crippen LogP contribution in [0.25, 0.3) is 0 Å². The molecule has 4 N–H and O–H groups in total. The van der Waals surface area contributed by atoms with Gasteiger partial charge in [0.15, 0.2) is 0 Å². The molecule has 10 nitrogen and oxygen atoms in total. The molecule has 4 unspecified atom stereocenters. The van der Waals surface area contributed by atoms with Crippen LogP contribution >= 0.6 is 0 Å². The number of aliphatic hydroxyl groups excluding tert-OH is 4. The van der Waals surface area contributed by atoms with E-state index >= 15 is 0 Å². The summed E-state index contributed by atoms with van der Waals surface area (Å²) in [6.07, 6.45) is -0.881. The lowest BCUT2D eigenvalue weighted by molar-refractivity contribution is -0.144. The number of methoxy groups -OCH3 is 2. The Balaban J connectivity index is -0.000000152. The van der Waals surface area contributed by atoms with Gasteiger partial charge in [0, 0.05) is 53.1 Å². The molecule has 0 bridgehead atoms. The third-order valence-electron chi connectivity index (χ3n) is 2.58. The molecule has 0 aromatic carbocycles. The van der Waals surface area contributed by atoms with E-state index in [4.69, 9.17) is 25.2 Å². The summed E-state index contributed by atoms with van der Waals surface area (Å²) in [5.41, 5.74) is 0. The number of esters is 2. The molecular formula is C20H44O10. The number of hydrogen-bond donors (Lipinski definition) is 4. The van der Waals surface area contributed by atoms with Gasteiger partial charge >= 0.3 is 11.9 Å². The van der Waals surface area contributed by atoms with Crippen molar-refractivity contribution in [3.8, 4) is 0 Å². The average molecular weight is 445 g/mol. The molecule has 0 saturated carbocycles. The van der Waals surface area contributed by atoms with Gasteiger partial charge in [-0.1, -0.05) is 13.8 Å². The highest BCUT2D eigenvalue weighted by Crippen LogP contribution is 1.92. The highest BCUT2D eigenvalue weighted by Gasteiger charge is 2.00. The van der Waals surface area contributed by atoms with Crippen molar-refractivity contribution in [1.82, 2.24) is 0 Å². The second-order valence-corrected chi connectivity index (χ2v) is 6.79. The molecule has 0 aromatic heterocycles. The van der Waals surface area contributed by atoms with Crippen LogP contribution in [0.15, 0.2) is 0 Å². The number of rotatable bonds is 10. The van der Waals surface area contributed by atoms with Gasteiger partial charge in [-0.25, -0.2) is 0 Å². The Bertz CT molecular complexity index is 361. The second-order valence-electron chi connectivity index (χ2n) is 6.79. The predicted octanol–water partition coefficient (Wildman–Crippen LogP) is 0.383. The highest BCUT2D eigenvalue weighted by atomic mass is 16.5. The van der Waals surface area contributed by atoms with Crippen LogP contribution in [0.4, 0.5) is 0 Å². The largest absolute Gasteiger partial charge is 0.466 e. The standard InChI is InChI=1S/C6H12O3.C5H10O3.C5H12O2.C4H10O2/c1-5(3-7)4-9-6(2)8;1-4(6)3-8-5(2)7;1-5(3-6)4-7-2;1-4(5)3-6-2/h5,7H,3-4H2,1-2H3;4,6H,3H2,1-2H3;5-6H,3-4H2,1-2H3;4-5H,3H2,1-2H3. The summed E-state index contributed by atoms with van der Waals surface area (Å²) in [7, 11) is 3.19. The maximum Gasteiger partial charge on any atom is 0.302 e. The molecule has 0 radical (unpaired) electrons. The number of carbonyl (C=O) groups is 2. The fourth-order valence-electron chi connectivity index (χ4n) is 1.13. The molecule has 0 amide bonds. The molecule has 0 saturated heterocycles. The van der Waals surface area contributed by atoms with E-state index in [0.29, 0.717) is 19.8 Å². The van der Waals surface area contributed by atoms with Gasteiger partial charge in [0.2, 0.25) is 0 Å². The molecule has 30 heavy (non-hydrogen) atoms. The summed E-state index contributed by atoms with van der Waals surface area (Å²) in [6.45, 7) is 11.4. The first-order chi connectivity index (χ1) is 13.9. The van der Waals surface area contributed by atoms with E-state index in [1.165, 1.54) is 13.8 Å². The summed E-state index contributed by atoms with van der Waals surface area (Å²) >= 11 is 0. The zero-order valence-corrected chi connectivity index (χ0v) is 19.8. The van der Waals surface area contributed by atoms with Gasteiger partial charge in [-0.2, -0.15) is 0 Å². The third-order valence-corrected chi connectivity index (χ3v) is 2.58. The van der Waals surface area contributed by atoms with Crippen LogP contribution in [0.1, 0.15) is 41.5 Å². The molecule has 0 heterocycles. The predicted molar refractivity (Wildman–Crippen MR) is 113 cm³/mol. The van der Waals surface area contributed by atoms with Gasteiger partial charge in [-0.3, -0.25) is 9.59 Å². The van der Waals surface area contributed by atoms with E-state index in [-0.39, 0.29) is 49.7 Å². The van der Waals surface area contributed by atoms with E-state index in [2.05, 4.69) is 14.2 Å². The van der Waals surface area contributed by atoms with Crippen molar-refractivity contribution < 1.29 is 49.0 Å². The van der Waals surface area contributed by atoms with Crippen molar-refractivity contribution in [2.24, 2.45) is 11.8 Å². The monoisotopic (exact) mass is 444 g/mol. The second kappa shape index (κ2) is 27.7. The third kappa shape index (κ3) is 50.4. The maximum absolute atomic E-state index is 10.2. The Labute approximate surface area is 181 Å². The molecule has 10 heteroatoms. The smallest absolute Gasteiger partial charge is 0.302 e. The summed E-state index contributed by atoms with van der Waals surface area (Å²) in [4.78, 5) is 20.2. The Morgan fingerprint density at radius 1 is 0.667 bits per heavy atom. The summed E-state index contributed by atoms with van der Waals surface area (Å²) in [5, 5.41) is 33.8. The first-order valence-corrected chi connectivity index (χ1v) is 9.70. The molecular weight excluding hydrogens is 400 g/mol. The lowest BCUT2D eigenvalue weighted by Crippen LogP contribution is -2.12. The Morgan fingerprint density at radius 2 is 1.00 bits per heavy atom. The van der Waals surface area contributed by atoms with Crippen LogP contribution in [0, 0.1) is 11.8 Å². The van der Waals surface area contributed by atoms with Gasteiger partial charge in [-0.15, -0.1) is 0 Å². The molecule has 0 rings (SSSR count). The highest BCUT2D eigenvalue weighted by molar-refractivity contribution is 5.66. The minimum atomic E-state index is -0.557. The van der Waals surface area contributed by atoms with Crippen molar-refractivity contribution in [2.45, 2.75) is 53.8 Å². The number of carbonyl (C=O) groups excluding carboxylic acids is 2. The fourth-order valence-corrected chi connectivity index (χ4v) is 1.13. The molecule has 0 aliphatic heterocycles. The Kier molecular flexibility index (Phi) is 33.3. The molecule has 0 spiro atoms. The number of hydrogen-bond acceptors (Lipinski definition) is 10. The van der Waals surface area contributed by atoms with Gasteiger partial charge in [0.1, 0.15) is 6.61 Å². The zero-order chi connectivity index (χ0) is 24.5. The van der Waals surface area contributed by atoms with E-state index in [9.17, 15) is 9.59 Å². The van der Waals surface area contributed by atoms with Crippen molar-refractivity contribution in [3.05, 3.63) is 0 Å². The molecule has 0 aliphatic rings. The van der Waals surface area contributed by atoms with Crippen molar-refractivity contribution in [1.29, 1.82) is 0 Å². The normalized spacial score (nSPS) is 13.5. The first kappa shape index (κ1) is 36.1. The topological polar surface area (TPSA) is 152 Å². The SMILES string of the molecule is CC(=O)OCC(C)CO.CC(=O)OCC(C)O.COCC(C)CO.COCC(C)O. The molecule has 0 fully saturated rings. The zero-order valence-electron chi connectivity index (χ0n) is 19.8. The summed E-state index contributed by atoms with van der Waals surface area (Å²) < 4.78 is 18.3. The van der Waals surface area contributed by atoms with Crippen LogP contribution in [0.5, 0.6) is 0 Å². The Morgan fingerprint density at radius 3 is 1.17 bits per heavy atom. The first-order valence-electron chi connectivity index (χ1n) is 9.70. The van der Waals surface area contributed by atoms with Gasteiger partial charge in [0.25, 0.3) is 0 Å². The lowest BCUT2D eigenvalue weighted by atomic mass is 10.2. The van der Waals surface area contributed by atoms with Crippen LogP contribution in [0.2, 0.25) is 0 Å². The van der Waals surface area contributed by atoms with E-state index in [1.807, 2.05) is 13.8 Å². The number of ether oxygens (including phenoxy) is 4. The maximum atomic E-state index is 10.2. The van der Waals surface area contributed by atoms with Gasteiger partial charge in [-0.05, 0) is 13.8 Å². The Hall–Kier alpha value is -1.30. The number of aliphatic hydroxyl groups is 4. The van der Waals surface area contributed by atoms with E-state index in [1.54, 1.807) is 28.1 Å². The van der Waals surface area contributed by atoms with Crippen molar-refractivity contribution in [3.63, 3.8) is 0 Å². The molecule has 184 valence electrons. The quantitative estimate of drug-likeness (QED) is 0.348. The lowest BCUT2D eigenvalue weighted by Gasteiger charge is -2.05. The van der Waals surface area contributed by atoms with E-state index < -0.39 is 6.10 Å². The van der Waals surface area contributed by atoms with Crippen molar-refractivity contribution in [2.75, 3.05) is 53.9 Å². The van der Waals surface area contributed by atoms with Gasteiger partial charge < -0.3 is 39.4 Å². The van der Waals surface area contributed by atoms with Crippen LogP contribution in [0.3, 0.4) is 0 Å². The summed E-state index contributed by atoms with van der Waals surface area (Å²) in [5.74, 6) is -0.319. The minimum Gasteiger partial charge on any atom is -0.466 e.